The minimum Gasteiger partial charge on any atom is -0.391 e. The van der Waals surface area contributed by atoms with E-state index in [4.69, 9.17) is 28.9 Å². The molecular formula is C14H19Cl3FNO. The number of rotatable bonds is 3. The van der Waals surface area contributed by atoms with Gasteiger partial charge in [-0.15, -0.1) is 12.4 Å². The van der Waals surface area contributed by atoms with E-state index in [-0.39, 0.29) is 33.9 Å². The molecule has 0 bridgehead atoms. The Morgan fingerprint density at radius 2 is 1.70 bits per heavy atom. The van der Waals surface area contributed by atoms with E-state index in [1.165, 1.54) is 18.6 Å². The Kier molecular flexibility index (Phi) is 7.02. The predicted molar refractivity (Wildman–Crippen MR) is 83.2 cm³/mol. The van der Waals surface area contributed by atoms with E-state index in [0.717, 1.165) is 25.7 Å². The second kappa shape index (κ2) is 7.81. The Morgan fingerprint density at radius 1 is 1.15 bits per heavy atom. The fraction of sp³-hybridized carbons (Fsp3) is 0.571. The van der Waals surface area contributed by atoms with Crippen molar-refractivity contribution in [2.75, 3.05) is 0 Å². The molecule has 0 aliphatic heterocycles. The second-order valence-electron chi connectivity index (χ2n) is 5.17. The zero-order valence-corrected chi connectivity index (χ0v) is 13.3. The van der Waals surface area contributed by atoms with Crippen LogP contribution in [0.1, 0.15) is 43.7 Å². The topological polar surface area (TPSA) is 46.2 Å². The summed E-state index contributed by atoms with van der Waals surface area (Å²) in [5.74, 6) is -0.519. The van der Waals surface area contributed by atoms with Crippen molar-refractivity contribution in [2.24, 2.45) is 11.7 Å². The Hall–Kier alpha value is -0.0600. The van der Waals surface area contributed by atoms with E-state index >= 15 is 0 Å². The first kappa shape index (κ1) is 18.0. The van der Waals surface area contributed by atoms with Gasteiger partial charge in [-0.25, -0.2) is 4.39 Å². The fourth-order valence-electron chi connectivity index (χ4n) is 2.79. The zero-order chi connectivity index (χ0) is 14.0. The van der Waals surface area contributed by atoms with Gasteiger partial charge in [-0.1, -0.05) is 42.5 Å². The summed E-state index contributed by atoms with van der Waals surface area (Å²) in [6.45, 7) is 0. The largest absolute Gasteiger partial charge is 0.391 e. The molecule has 0 heterocycles. The third-order valence-electron chi connectivity index (χ3n) is 3.91. The molecular weight excluding hydrogens is 324 g/mol. The summed E-state index contributed by atoms with van der Waals surface area (Å²) in [7, 11) is 0. The average molecular weight is 343 g/mol. The van der Waals surface area contributed by atoms with Crippen LogP contribution >= 0.6 is 35.6 Å². The maximum Gasteiger partial charge on any atom is 0.148 e. The molecule has 2 rings (SSSR count). The van der Waals surface area contributed by atoms with Gasteiger partial charge in [-0.05, 0) is 30.9 Å². The third-order valence-corrected chi connectivity index (χ3v) is 4.54. The van der Waals surface area contributed by atoms with Crippen LogP contribution in [0.15, 0.2) is 12.1 Å². The molecule has 0 aromatic heterocycles. The molecule has 20 heavy (non-hydrogen) atoms. The van der Waals surface area contributed by atoms with Crippen LogP contribution in [0.3, 0.4) is 0 Å². The van der Waals surface area contributed by atoms with Crippen LogP contribution in [0, 0.1) is 11.7 Å². The average Bonchev–Trinajstić information content (AvgIpc) is 2.43. The van der Waals surface area contributed by atoms with Gasteiger partial charge in [0.1, 0.15) is 5.82 Å². The van der Waals surface area contributed by atoms with Crippen LogP contribution in [-0.4, -0.2) is 11.2 Å². The predicted octanol–water partition coefficient (Wildman–Crippen LogP) is 4.50. The zero-order valence-electron chi connectivity index (χ0n) is 11.0. The Labute approximate surface area is 134 Å². The molecule has 6 heteroatoms. The number of hydrogen-bond donors (Lipinski definition) is 2. The van der Waals surface area contributed by atoms with E-state index in [9.17, 15) is 9.50 Å². The molecule has 0 unspecified atom stereocenters. The Balaban J connectivity index is 0.00000200. The van der Waals surface area contributed by atoms with E-state index < -0.39 is 18.0 Å². The van der Waals surface area contributed by atoms with E-state index in [1.807, 2.05) is 0 Å². The quantitative estimate of drug-likeness (QED) is 0.795. The monoisotopic (exact) mass is 341 g/mol. The normalized spacial score (nSPS) is 19.2. The van der Waals surface area contributed by atoms with Crippen molar-refractivity contribution in [3.63, 3.8) is 0 Å². The van der Waals surface area contributed by atoms with Crippen molar-refractivity contribution in [1.82, 2.24) is 0 Å². The van der Waals surface area contributed by atoms with Crippen molar-refractivity contribution in [3.8, 4) is 0 Å². The highest BCUT2D eigenvalue weighted by Gasteiger charge is 2.31. The van der Waals surface area contributed by atoms with Gasteiger partial charge in [0.2, 0.25) is 0 Å². The van der Waals surface area contributed by atoms with Crippen LogP contribution < -0.4 is 5.73 Å². The number of benzene rings is 1. The van der Waals surface area contributed by atoms with E-state index in [1.54, 1.807) is 0 Å². The molecule has 1 saturated carbocycles. The third kappa shape index (κ3) is 3.77. The van der Waals surface area contributed by atoms with Gasteiger partial charge < -0.3 is 10.8 Å². The number of halogens is 4. The van der Waals surface area contributed by atoms with Crippen molar-refractivity contribution in [1.29, 1.82) is 0 Å². The summed E-state index contributed by atoms with van der Waals surface area (Å²) in [6.07, 6.45) is 4.42. The molecule has 1 aromatic rings. The fourth-order valence-corrected chi connectivity index (χ4v) is 3.22. The summed E-state index contributed by atoms with van der Waals surface area (Å²) in [5.41, 5.74) is 6.12. The number of aliphatic hydroxyl groups excluding tert-OH is 1. The smallest absolute Gasteiger partial charge is 0.148 e. The van der Waals surface area contributed by atoms with Crippen LogP contribution in [0.4, 0.5) is 4.39 Å². The van der Waals surface area contributed by atoms with E-state index in [0.29, 0.717) is 0 Å². The van der Waals surface area contributed by atoms with Gasteiger partial charge in [0.05, 0.1) is 17.2 Å². The number of hydrogen-bond acceptors (Lipinski definition) is 2. The molecule has 1 aliphatic carbocycles. The lowest BCUT2D eigenvalue weighted by atomic mass is 9.81. The van der Waals surface area contributed by atoms with E-state index in [2.05, 4.69) is 0 Å². The molecule has 0 spiro atoms. The Morgan fingerprint density at radius 3 is 2.30 bits per heavy atom. The molecule has 1 aliphatic rings. The van der Waals surface area contributed by atoms with Crippen LogP contribution in [0.5, 0.6) is 0 Å². The number of aliphatic hydroxyl groups is 1. The van der Waals surface area contributed by atoms with Crippen LogP contribution in [0.25, 0.3) is 0 Å². The molecule has 2 nitrogen and oxygen atoms in total. The molecule has 3 N–H and O–H groups in total. The second-order valence-corrected chi connectivity index (χ2v) is 5.99. The summed E-state index contributed by atoms with van der Waals surface area (Å²) in [6, 6.07) is 2.06. The van der Waals surface area contributed by atoms with Gasteiger partial charge in [0, 0.05) is 10.6 Å². The Bertz CT molecular complexity index is 452. The first-order chi connectivity index (χ1) is 9.02. The van der Waals surface area contributed by atoms with Gasteiger partial charge in [0.25, 0.3) is 0 Å². The molecule has 1 fully saturated rings. The van der Waals surface area contributed by atoms with Gasteiger partial charge >= 0.3 is 0 Å². The SMILES string of the molecule is Cl.N[C@H](c1c(Cl)ccc(Cl)c1F)[C@@H](O)C1CCCCC1. The lowest BCUT2D eigenvalue weighted by Crippen LogP contribution is -2.35. The molecule has 114 valence electrons. The number of nitrogens with two attached hydrogens (primary N) is 1. The highest BCUT2D eigenvalue weighted by atomic mass is 35.5. The molecule has 0 saturated heterocycles. The standard InChI is InChI=1S/C14H18Cl2FNO.ClH/c15-9-6-7-10(16)12(17)11(9)13(18)14(19)8-4-2-1-3-5-8;/h6-8,13-14,19H,1-5,18H2;1H/t13-,14+;/m1./s1. The highest BCUT2D eigenvalue weighted by Crippen LogP contribution is 2.36. The molecule has 1 aromatic carbocycles. The van der Waals surface area contributed by atoms with Crippen LogP contribution in [0.2, 0.25) is 10.0 Å². The highest BCUT2D eigenvalue weighted by molar-refractivity contribution is 6.33. The lowest BCUT2D eigenvalue weighted by molar-refractivity contribution is 0.0608. The maximum atomic E-state index is 14.0. The lowest BCUT2D eigenvalue weighted by Gasteiger charge is -2.31. The van der Waals surface area contributed by atoms with Gasteiger partial charge in [0.15, 0.2) is 0 Å². The first-order valence-electron chi connectivity index (χ1n) is 6.59. The van der Waals surface area contributed by atoms with Crippen molar-refractivity contribution in [2.45, 2.75) is 44.2 Å². The van der Waals surface area contributed by atoms with Crippen molar-refractivity contribution in [3.05, 3.63) is 33.6 Å². The van der Waals surface area contributed by atoms with Crippen molar-refractivity contribution >= 4 is 35.6 Å². The summed E-state index contributed by atoms with van der Waals surface area (Å²) in [4.78, 5) is 0. The van der Waals surface area contributed by atoms with Gasteiger partial charge in [-0.2, -0.15) is 0 Å². The summed E-state index contributed by atoms with van der Waals surface area (Å²) >= 11 is 11.7. The maximum absolute atomic E-state index is 14.0. The van der Waals surface area contributed by atoms with Crippen molar-refractivity contribution < 1.29 is 9.50 Å². The molecule has 2 atom stereocenters. The first-order valence-corrected chi connectivity index (χ1v) is 7.35. The summed E-state index contributed by atoms with van der Waals surface area (Å²) in [5, 5.41) is 10.5. The van der Waals surface area contributed by atoms with Gasteiger partial charge in [-0.3, -0.25) is 0 Å². The molecule has 0 radical (unpaired) electrons. The summed E-state index contributed by atoms with van der Waals surface area (Å²) < 4.78 is 14.0. The minimum atomic E-state index is -0.839. The minimum absolute atomic E-state index is 0. The molecule has 0 amide bonds. The van der Waals surface area contributed by atoms with Crippen LogP contribution in [-0.2, 0) is 0 Å².